The number of hydrogen-bond donors (Lipinski definition) is 12. The molecule has 0 bridgehead atoms. The highest BCUT2D eigenvalue weighted by Crippen LogP contribution is 2.33. The minimum absolute atomic E-state index is 0.245. The average molecular weight is 1050 g/mol. The fraction of sp³-hybridized carbons (Fsp3) is 0.944. The average Bonchev–Trinajstić information content (AvgIpc) is 3.38. The summed E-state index contributed by atoms with van der Waals surface area (Å²) in [6.45, 7) is 1.68. The lowest BCUT2D eigenvalue weighted by Crippen LogP contribution is -2.67. The maximum Gasteiger partial charge on any atom is 0.220 e. The number of aliphatic hydroxyl groups excluding tert-OH is 11. The van der Waals surface area contributed by atoms with Gasteiger partial charge in [-0.2, -0.15) is 0 Å². The lowest BCUT2D eigenvalue weighted by molar-refractivity contribution is -0.380. The molecule has 12 N–H and O–H groups in total. The van der Waals surface area contributed by atoms with E-state index in [4.69, 9.17) is 28.4 Å². The number of unbranched alkanes of at least 4 members (excludes halogenated alkanes) is 25. The van der Waals surface area contributed by atoms with Crippen LogP contribution in [0.1, 0.15) is 194 Å². The zero-order chi connectivity index (χ0) is 53.4. The molecule has 3 aliphatic rings. The lowest BCUT2D eigenvalue weighted by Gasteiger charge is -2.48. The molecule has 3 rings (SSSR count). The molecule has 0 aromatic heterocycles. The molecular weight excluding hydrogens is 951 g/mol. The Kier molecular flexibility index (Phi) is 35.1. The van der Waals surface area contributed by atoms with Crippen molar-refractivity contribution in [2.24, 2.45) is 0 Å². The molecule has 9 unspecified atom stereocenters. The molecule has 0 radical (unpaired) electrons. The summed E-state index contributed by atoms with van der Waals surface area (Å²) in [7, 11) is 0. The van der Waals surface area contributed by atoms with E-state index in [-0.39, 0.29) is 18.9 Å². The number of rotatable bonds is 41. The number of allylic oxidation sites excluding steroid dienone is 1. The topological polar surface area (TPSA) is 307 Å². The highest BCUT2D eigenvalue weighted by atomic mass is 16.8. The van der Waals surface area contributed by atoms with Gasteiger partial charge < -0.3 is 89.9 Å². The fourth-order valence-electron chi connectivity index (χ4n) is 9.83. The molecule has 19 nitrogen and oxygen atoms in total. The molecule has 1 amide bonds. The third-order valence-corrected chi connectivity index (χ3v) is 14.6. The predicted octanol–water partition coefficient (Wildman–Crippen LogP) is 3.82. The normalized spacial score (nSPS) is 31.8. The van der Waals surface area contributed by atoms with Gasteiger partial charge in [-0.05, 0) is 19.3 Å². The number of amides is 1. The molecule has 0 saturated carbocycles. The van der Waals surface area contributed by atoms with Crippen LogP contribution in [0.3, 0.4) is 0 Å². The summed E-state index contributed by atoms with van der Waals surface area (Å²) in [6.07, 6.45) is 8.78. The summed E-state index contributed by atoms with van der Waals surface area (Å²) in [5, 5.41) is 120. The standard InChI is InChI=1S/C54H101NO18/c1-3-5-7-9-11-13-15-17-18-20-22-24-26-28-30-32-42(60)55-37(38(59)31-29-27-25-23-21-19-16-14-12-10-8-6-4-2)36-68-52-48(66)46(64)50(41(35-58)71-52)72-54-49(67)51(44(62)40(34-57)70-54)73-53-47(65)45(63)43(61)39(33-56)69-53/h29,31,37-41,43-54,56-59,61-67H,3-28,30,32-36H2,1-2H3,(H,55,60)/b31-29+/t37-,38+,39?,40?,41?,43-,44-,45?,46?,47?,48?,49?,50+,51?,52+,53+,54-/m0/s1. The minimum atomic E-state index is -1.97. The SMILES string of the molecule is CCCCCCCCCCCCC/C=C/[C@@H](O)[C@H](CO[C@@H]1OC(CO)[C@@H](O[C@@H]2OC(CO)[C@H](O)C(O[C@H]3OC(CO)[C@H](O)C(O)C3O)C2O)C(O)C1O)NC(=O)CCCCCCCCCCCCCCCCC. The van der Waals surface area contributed by atoms with Gasteiger partial charge in [-0.15, -0.1) is 0 Å². The van der Waals surface area contributed by atoms with Crippen LogP contribution >= 0.6 is 0 Å². The second-order valence-corrected chi connectivity index (χ2v) is 20.8. The molecule has 430 valence electrons. The fourth-order valence-corrected chi connectivity index (χ4v) is 9.83. The van der Waals surface area contributed by atoms with Crippen LogP contribution in [0.15, 0.2) is 12.2 Å². The monoisotopic (exact) mass is 1050 g/mol. The van der Waals surface area contributed by atoms with Crippen LogP contribution in [0.2, 0.25) is 0 Å². The molecular formula is C54H101NO18. The van der Waals surface area contributed by atoms with E-state index in [2.05, 4.69) is 19.2 Å². The van der Waals surface area contributed by atoms with Crippen molar-refractivity contribution in [1.82, 2.24) is 5.32 Å². The molecule has 73 heavy (non-hydrogen) atoms. The third-order valence-electron chi connectivity index (χ3n) is 14.6. The molecule has 3 fully saturated rings. The summed E-state index contributed by atoms with van der Waals surface area (Å²) in [5.74, 6) is -0.279. The Morgan fingerprint density at radius 1 is 0.479 bits per heavy atom. The number of aliphatic hydroxyl groups is 11. The Hall–Kier alpha value is -1.47. The van der Waals surface area contributed by atoms with Crippen molar-refractivity contribution in [2.45, 2.75) is 298 Å². The molecule has 3 heterocycles. The molecule has 0 aliphatic carbocycles. The zero-order valence-corrected chi connectivity index (χ0v) is 44.4. The van der Waals surface area contributed by atoms with E-state index in [1.165, 1.54) is 122 Å². The van der Waals surface area contributed by atoms with Crippen LogP contribution in [0, 0.1) is 0 Å². The molecule has 17 atom stereocenters. The Morgan fingerprint density at radius 3 is 1.38 bits per heavy atom. The van der Waals surface area contributed by atoms with Crippen molar-refractivity contribution in [3.63, 3.8) is 0 Å². The van der Waals surface area contributed by atoms with Gasteiger partial charge in [0.25, 0.3) is 0 Å². The predicted molar refractivity (Wildman–Crippen MR) is 273 cm³/mol. The summed E-state index contributed by atoms with van der Waals surface area (Å²) in [5.41, 5.74) is 0. The van der Waals surface area contributed by atoms with E-state index in [0.29, 0.717) is 6.42 Å². The van der Waals surface area contributed by atoms with Gasteiger partial charge >= 0.3 is 0 Å². The van der Waals surface area contributed by atoms with E-state index in [9.17, 15) is 61.0 Å². The van der Waals surface area contributed by atoms with Gasteiger partial charge in [0.1, 0.15) is 73.2 Å². The van der Waals surface area contributed by atoms with E-state index >= 15 is 0 Å². The van der Waals surface area contributed by atoms with Gasteiger partial charge in [0.2, 0.25) is 5.91 Å². The number of carbonyl (C=O) groups is 1. The van der Waals surface area contributed by atoms with Crippen molar-refractivity contribution in [1.29, 1.82) is 0 Å². The highest BCUT2D eigenvalue weighted by molar-refractivity contribution is 5.76. The van der Waals surface area contributed by atoms with Gasteiger partial charge in [-0.25, -0.2) is 0 Å². The van der Waals surface area contributed by atoms with E-state index in [1.807, 2.05) is 6.08 Å². The number of ether oxygens (including phenoxy) is 6. The molecule has 0 spiro atoms. The van der Waals surface area contributed by atoms with Crippen LogP contribution < -0.4 is 5.32 Å². The first-order valence-electron chi connectivity index (χ1n) is 28.4. The van der Waals surface area contributed by atoms with Gasteiger partial charge in [-0.1, -0.05) is 180 Å². The quantitative estimate of drug-likeness (QED) is 0.0306. The number of nitrogens with one attached hydrogen (secondary N) is 1. The first-order valence-corrected chi connectivity index (χ1v) is 28.4. The van der Waals surface area contributed by atoms with Gasteiger partial charge in [-0.3, -0.25) is 4.79 Å². The van der Waals surface area contributed by atoms with Crippen molar-refractivity contribution in [3.05, 3.63) is 12.2 Å². The number of carbonyl (C=O) groups excluding carboxylic acids is 1. The Morgan fingerprint density at radius 2 is 0.890 bits per heavy atom. The first kappa shape index (κ1) is 65.8. The maximum atomic E-state index is 13.3. The van der Waals surface area contributed by atoms with Crippen LogP contribution in [0.25, 0.3) is 0 Å². The van der Waals surface area contributed by atoms with E-state index in [1.54, 1.807) is 6.08 Å². The van der Waals surface area contributed by atoms with Crippen LogP contribution in [0.5, 0.6) is 0 Å². The molecule has 3 aliphatic heterocycles. The van der Waals surface area contributed by atoms with Crippen molar-refractivity contribution < 1.29 is 89.4 Å². The summed E-state index contributed by atoms with van der Waals surface area (Å²) < 4.78 is 34.2. The molecule has 0 aromatic carbocycles. The van der Waals surface area contributed by atoms with Gasteiger partial charge in [0, 0.05) is 6.42 Å². The van der Waals surface area contributed by atoms with Crippen molar-refractivity contribution in [2.75, 3.05) is 26.4 Å². The Bertz CT molecular complexity index is 1400. The Balaban J connectivity index is 1.56. The highest BCUT2D eigenvalue weighted by Gasteiger charge is 2.54. The zero-order valence-electron chi connectivity index (χ0n) is 44.4. The van der Waals surface area contributed by atoms with Crippen LogP contribution in [0.4, 0.5) is 0 Å². The molecule has 0 aromatic rings. The lowest BCUT2D eigenvalue weighted by atomic mass is 9.96. The maximum absolute atomic E-state index is 13.3. The first-order chi connectivity index (χ1) is 35.3. The summed E-state index contributed by atoms with van der Waals surface area (Å²) in [6, 6.07) is -0.972. The second kappa shape index (κ2) is 39.0. The van der Waals surface area contributed by atoms with E-state index < -0.39 is 124 Å². The summed E-state index contributed by atoms with van der Waals surface area (Å²) >= 11 is 0. The Labute approximate surface area is 436 Å². The molecule has 19 heteroatoms. The van der Waals surface area contributed by atoms with Crippen LogP contribution in [-0.4, -0.2) is 193 Å². The van der Waals surface area contributed by atoms with Gasteiger partial charge in [0.05, 0.1) is 38.6 Å². The third kappa shape index (κ3) is 24.0. The minimum Gasteiger partial charge on any atom is -0.394 e. The smallest absolute Gasteiger partial charge is 0.220 e. The molecule has 3 saturated heterocycles. The van der Waals surface area contributed by atoms with Crippen molar-refractivity contribution in [3.8, 4) is 0 Å². The number of hydrogen-bond acceptors (Lipinski definition) is 18. The van der Waals surface area contributed by atoms with Gasteiger partial charge in [0.15, 0.2) is 18.9 Å². The second-order valence-electron chi connectivity index (χ2n) is 20.8. The summed E-state index contributed by atoms with van der Waals surface area (Å²) in [4.78, 5) is 13.3. The van der Waals surface area contributed by atoms with Crippen LogP contribution in [-0.2, 0) is 33.2 Å². The van der Waals surface area contributed by atoms with E-state index in [0.717, 1.165) is 44.9 Å². The largest absolute Gasteiger partial charge is 0.394 e. The van der Waals surface area contributed by atoms with Crippen molar-refractivity contribution >= 4 is 5.91 Å².